The second-order valence-corrected chi connectivity index (χ2v) is 6.56. The molecular weight excluding hydrogens is 372 g/mol. The molecule has 0 heterocycles. The van der Waals surface area contributed by atoms with Crippen LogP contribution >= 0.6 is 0 Å². The molecule has 7 nitrogen and oxygen atoms in total. The van der Waals surface area contributed by atoms with Gasteiger partial charge in [0.1, 0.15) is 24.2 Å². The standard InChI is InChI=1S/C22H30N2O5/c1-3-21(22(26)24-27-2)29-20-11-9-17(10-12-20)13-14-23-15-18(25)16-28-19-7-5-4-6-8-19/h4-12,18,21,23,25H,3,13-16H2,1-2H3,(H,24,26). The van der Waals surface area contributed by atoms with E-state index in [0.29, 0.717) is 18.7 Å². The zero-order valence-corrected chi connectivity index (χ0v) is 17.0. The molecule has 2 atom stereocenters. The van der Waals surface area contributed by atoms with Gasteiger partial charge < -0.3 is 19.9 Å². The highest BCUT2D eigenvalue weighted by molar-refractivity contribution is 5.80. The Morgan fingerprint density at radius 2 is 1.79 bits per heavy atom. The zero-order chi connectivity index (χ0) is 20.9. The summed E-state index contributed by atoms with van der Waals surface area (Å²) < 4.78 is 11.2. The number of carbonyl (C=O) groups excluding carboxylic acids is 1. The smallest absolute Gasteiger partial charge is 0.284 e. The molecule has 0 aromatic heterocycles. The third-order valence-corrected chi connectivity index (χ3v) is 4.22. The Bertz CT molecular complexity index is 709. The highest BCUT2D eigenvalue weighted by atomic mass is 16.6. The maximum atomic E-state index is 11.8. The number of nitrogens with one attached hydrogen (secondary N) is 2. The minimum absolute atomic E-state index is 0.248. The average molecular weight is 402 g/mol. The molecule has 0 bridgehead atoms. The first-order chi connectivity index (χ1) is 14.1. The van der Waals surface area contributed by atoms with Gasteiger partial charge in [0.2, 0.25) is 0 Å². The summed E-state index contributed by atoms with van der Waals surface area (Å²) in [4.78, 5) is 16.4. The van der Waals surface area contributed by atoms with E-state index >= 15 is 0 Å². The lowest BCUT2D eigenvalue weighted by Crippen LogP contribution is -2.37. The fourth-order valence-corrected chi connectivity index (χ4v) is 2.66. The Morgan fingerprint density at radius 3 is 2.45 bits per heavy atom. The van der Waals surface area contributed by atoms with Crippen LogP contribution in [0.3, 0.4) is 0 Å². The molecule has 3 N–H and O–H groups in total. The van der Waals surface area contributed by atoms with E-state index in [9.17, 15) is 9.90 Å². The van der Waals surface area contributed by atoms with Crippen molar-refractivity contribution in [2.24, 2.45) is 0 Å². The SMILES string of the molecule is CCC(Oc1ccc(CCNCC(O)COc2ccccc2)cc1)C(=O)NOC. The number of rotatable bonds is 13. The van der Waals surface area contributed by atoms with Crippen LogP contribution in [-0.4, -0.2) is 50.0 Å². The lowest BCUT2D eigenvalue weighted by atomic mass is 10.1. The topological polar surface area (TPSA) is 89.0 Å². The number of ether oxygens (including phenoxy) is 2. The maximum Gasteiger partial charge on any atom is 0.284 e. The van der Waals surface area contributed by atoms with Crippen molar-refractivity contribution in [3.63, 3.8) is 0 Å². The largest absolute Gasteiger partial charge is 0.491 e. The predicted octanol–water partition coefficient (Wildman–Crippen LogP) is 2.09. The van der Waals surface area contributed by atoms with E-state index in [2.05, 4.69) is 15.6 Å². The van der Waals surface area contributed by atoms with Crippen molar-refractivity contribution in [2.45, 2.75) is 32.0 Å². The first-order valence-corrected chi connectivity index (χ1v) is 9.77. The van der Waals surface area contributed by atoms with Crippen LogP contribution in [0.5, 0.6) is 11.5 Å². The van der Waals surface area contributed by atoms with Gasteiger partial charge in [-0.3, -0.25) is 9.63 Å². The number of amides is 1. The summed E-state index contributed by atoms with van der Waals surface area (Å²) in [6.45, 7) is 3.31. The number of benzene rings is 2. The third kappa shape index (κ3) is 8.51. The van der Waals surface area contributed by atoms with Gasteiger partial charge in [-0.05, 0) is 49.2 Å². The van der Waals surface area contributed by atoms with Crippen molar-refractivity contribution in [3.8, 4) is 11.5 Å². The molecule has 0 aliphatic rings. The molecule has 29 heavy (non-hydrogen) atoms. The fourth-order valence-electron chi connectivity index (χ4n) is 2.66. The van der Waals surface area contributed by atoms with Crippen molar-refractivity contribution in [1.82, 2.24) is 10.8 Å². The molecule has 0 aliphatic carbocycles. The van der Waals surface area contributed by atoms with Gasteiger partial charge in [0.05, 0.1) is 7.11 Å². The molecule has 0 fully saturated rings. The lowest BCUT2D eigenvalue weighted by molar-refractivity contribution is -0.138. The number of carbonyl (C=O) groups is 1. The van der Waals surface area contributed by atoms with Crippen molar-refractivity contribution >= 4 is 5.91 Å². The van der Waals surface area contributed by atoms with Crippen LogP contribution in [-0.2, 0) is 16.1 Å². The van der Waals surface area contributed by atoms with E-state index in [-0.39, 0.29) is 12.5 Å². The highest BCUT2D eigenvalue weighted by Gasteiger charge is 2.18. The van der Waals surface area contributed by atoms with E-state index in [4.69, 9.17) is 9.47 Å². The second kappa shape index (κ2) is 12.8. The van der Waals surface area contributed by atoms with Crippen molar-refractivity contribution < 1.29 is 24.2 Å². The summed E-state index contributed by atoms with van der Waals surface area (Å²) in [7, 11) is 1.39. The molecule has 0 aliphatic heterocycles. The number of aliphatic hydroxyl groups is 1. The van der Waals surface area contributed by atoms with Gasteiger partial charge in [0, 0.05) is 6.54 Å². The van der Waals surface area contributed by atoms with Crippen LogP contribution in [0.4, 0.5) is 0 Å². The Hall–Kier alpha value is -2.61. The van der Waals surface area contributed by atoms with Crippen molar-refractivity contribution in [1.29, 1.82) is 0 Å². The molecule has 2 unspecified atom stereocenters. The Kier molecular flexibility index (Phi) is 9.99. The minimum atomic E-state index is -0.595. The van der Waals surface area contributed by atoms with Crippen molar-refractivity contribution in [3.05, 3.63) is 60.2 Å². The summed E-state index contributed by atoms with van der Waals surface area (Å²) in [5, 5.41) is 13.2. The molecule has 2 aromatic rings. The Labute approximate surface area is 171 Å². The van der Waals surface area contributed by atoms with Gasteiger partial charge in [-0.2, -0.15) is 0 Å². The lowest BCUT2D eigenvalue weighted by Gasteiger charge is -2.16. The normalized spacial score (nSPS) is 12.8. The summed E-state index contributed by atoms with van der Waals surface area (Å²) in [5.41, 5.74) is 3.42. The number of hydrogen-bond donors (Lipinski definition) is 3. The monoisotopic (exact) mass is 402 g/mol. The van der Waals surface area contributed by atoms with E-state index < -0.39 is 12.2 Å². The zero-order valence-electron chi connectivity index (χ0n) is 17.0. The molecule has 2 aromatic carbocycles. The minimum Gasteiger partial charge on any atom is -0.491 e. The van der Waals surface area contributed by atoms with Crippen molar-refractivity contribution in [2.75, 3.05) is 26.8 Å². The summed E-state index contributed by atoms with van der Waals surface area (Å²) in [6.07, 6.45) is 0.183. The Balaban J connectivity index is 1.66. The molecule has 0 saturated carbocycles. The van der Waals surface area contributed by atoms with Gasteiger partial charge in [0.25, 0.3) is 5.91 Å². The summed E-state index contributed by atoms with van der Waals surface area (Å²) in [6, 6.07) is 17.1. The van der Waals surface area contributed by atoms with E-state index in [1.807, 2.05) is 61.5 Å². The molecule has 0 saturated heterocycles. The van der Waals surface area contributed by atoms with Crippen LogP contribution in [0.25, 0.3) is 0 Å². The van der Waals surface area contributed by atoms with Crippen LogP contribution in [0, 0.1) is 0 Å². The molecule has 7 heteroatoms. The Morgan fingerprint density at radius 1 is 1.07 bits per heavy atom. The van der Waals surface area contributed by atoms with Gasteiger partial charge in [-0.1, -0.05) is 37.3 Å². The number of para-hydroxylation sites is 1. The van der Waals surface area contributed by atoms with Crippen LogP contribution < -0.4 is 20.3 Å². The molecule has 1 amide bonds. The molecule has 2 rings (SSSR count). The quantitative estimate of drug-likeness (QED) is 0.351. The van der Waals surface area contributed by atoms with Gasteiger partial charge >= 0.3 is 0 Å². The van der Waals surface area contributed by atoms with E-state index in [0.717, 1.165) is 24.3 Å². The first-order valence-electron chi connectivity index (χ1n) is 9.77. The third-order valence-electron chi connectivity index (χ3n) is 4.22. The fraction of sp³-hybridized carbons (Fsp3) is 0.409. The molecule has 0 spiro atoms. The molecule has 158 valence electrons. The van der Waals surface area contributed by atoms with Gasteiger partial charge in [-0.25, -0.2) is 5.48 Å². The molecule has 0 radical (unpaired) electrons. The van der Waals surface area contributed by atoms with Gasteiger partial charge in [0.15, 0.2) is 6.10 Å². The number of aliphatic hydroxyl groups excluding tert-OH is 1. The number of hydrogen-bond acceptors (Lipinski definition) is 6. The summed E-state index contributed by atoms with van der Waals surface area (Å²) in [5.74, 6) is 1.07. The average Bonchev–Trinajstić information content (AvgIpc) is 2.75. The summed E-state index contributed by atoms with van der Waals surface area (Å²) >= 11 is 0. The second-order valence-electron chi connectivity index (χ2n) is 6.56. The van der Waals surface area contributed by atoms with E-state index in [1.165, 1.54) is 7.11 Å². The van der Waals surface area contributed by atoms with Crippen LogP contribution in [0.15, 0.2) is 54.6 Å². The van der Waals surface area contributed by atoms with Crippen LogP contribution in [0.2, 0.25) is 0 Å². The first kappa shape index (κ1) is 22.7. The number of hydroxylamine groups is 1. The van der Waals surface area contributed by atoms with Crippen LogP contribution in [0.1, 0.15) is 18.9 Å². The predicted molar refractivity (Wildman–Crippen MR) is 111 cm³/mol. The maximum absolute atomic E-state index is 11.8. The highest BCUT2D eigenvalue weighted by Crippen LogP contribution is 2.15. The molecular formula is C22H30N2O5. The van der Waals surface area contributed by atoms with E-state index in [1.54, 1.807) is 0 Å². The van der Waals surface area contributed by atoms with Gasteiger partial charge in [-0.15, -0.1) is 0 Å².